The molecule has 1 aromatic rings. The fraction of sp³-hybridized carbons (Fsp3) is 0.364. The van der Waals surface area contributed by atoms with E-state index >= 15 is 0 Å². The van der Waals surface area contributed by atoms with E-state index in [2.05, 4.69) is 31.3 Å². The summed E-state index contributed by atoms with van der Waals surface area (Å²) in [5.74, 6) is 0. The summed E-state index contributed by atoms with van der Waals surface area (Å²) in [7, 11) is 0. The third kappa shape index (κ3) is 1.88. The SMILES string of the molecule is CC(C)(C)N1N=C[N-]N1c1ccccc1. The molecule has 0 unspecified atom stereocenters. The van der Waals surface area contributed by atoms with Gasteiger partial charge in [-0.05, 0) is 32.9 Å². The Morgan fingerprint density at radius 2 is 1.80 bits per heavy atom. The summed E-state index contributed by atoms with van der Waals surface area (Å²) in [4.78, 5) is 0. The standard InChI is InChI=1S/C11H15N4/c1-11(2,3)15-13-9-12-14(15)10-7-5-4-6-8-10/h4-9H,1-3H3/q-1. The number of hydrazone groups is 1. The van der Waals surface area contributed by atoms with Crippen LogP contribution in [0.25, 0.3) is 5.43 Å². The number of rotatable bonds is 1. The number of nitrogens with zero attached hydrogens (tertiary/aromatic N) is 4. The summed E-state index contributed by atoms with van der Waals surface area (Å²) >= 11 is 0. The number of hydrogen-bond acceptors (Lipinski definition) is 3. The summed E-state index contributed by atoms with van der Waals surface area (Å²) in [5.41, 5.74) is 5.16. The molecule has 4 heteroatoms. The first-order valence-electron chi connectivity index (χ1n) is 4.97. The number of anilines is 1. The lowest BCUT2D eigenvalue weighted by molar-refractivity contribution is 0.149. The zero-order valence-corrected chi connectivity index (χ0v) is 9.25. The van der Waals surface area contributed by atoms with E-state index in [1.54, 1.807) is 11.5 Å². The molecule has 1 aromatic carbocycles. The van der Waals surface area contributed by atoms with E-state index in [0.717, 1.165) is 5.69 Å². The molecule has 0 saturated heterocycles. The van der Waals surface area contributed by atoms with Crippen LogP contribution in [0.3, 0.4) is 0 Å². The van der Waals surface area contributed by atoms with Gasteiger partial charge < -0.3 is 10.5 Å². The largest absolute Gasteiger partial charge is 0.364 e. The minimum atomic E-state index is -0.0770. The summed E-state index contributed by atoms with van der Waals surface area (Å²) in [6, 6.07) is 9.99. The van der Waals surface area contributed by atoms with Crippen LogP contribution >= 0.6 is 0 Å². The van der Waals surface area contributed by atoms with Crippen molar-refractivity contribution in [2.24, 2.45) is 5.10 Å². The second-order valence-electron chi connectivity index (χ2n) is 4.43. The van der Waals surface area contributed by atoms with Crippen molar-refractivity contribution in [1.82, 2.24) is 5.12 Å². The maximum absolute atomic E-state index is 4.23. The number of benzene rings is 1. The molecule has 0 aromatic heterocycles. The topological polar surface area (TPSA) is 32.9 Å². The van der Waals surface area contributed by atoms with Crippen molar-refractivity contribution in [2.75, 3.05) is 5.12 Å². The van der Waals surface area contributed by atoms with Crippen LogP contribution in [-0.4, -0.2) is 17.0 Å². The summed E-state index contributed by atoms with van der Waals surface area (Å²) in [6.45, 7) is 6.30. The second kappa shape index (κ2) is 3.46. The number of hydrazine groups is 1. The molecule has 0 N–H and O–H groups in total. The van der Waals surface area contributed by atoms with Crippen molar-refractivity contribution >= 4 is 12.0 Å². The number of para-hydroxylation sites is 1. The van der Waals surface area contributed by atoms with Crippen LogP contribution in [0.4, 0.5) is 5.69 Å². The molecule has 0 radical (unpaired) electrons. The molecule has 80 valence electrons. The maximum Gasteiger partial charge on any atom is 0.0617 e. The summed E-state index contributed by atoms with van der Waals surface area (Å²) < 4.78 is 0. The molecule has 0 atom stereocenters. The second-order valence-corrected chi connectivity index (χ2v) is 4.43. The van der Waals surface area contributed by atoms with Crippen molar-refractivity contribution < 1.29 is 0 Å². The predicted octanol–water partition coefficient (Wildman–Crippen LogP) is 2.75. The zero-order chi connectivity index (χ0) is 10.9. The van der Waals surface area contributed by atoms with Gasteiger partial charge in [0.1, 0.15) is 0 Å². The Morgan fingerprint density at radius 1 is 1.13 bits per heavy atom. The van der Waals surface area contributed by atoms with Crippen LogP contribution in [0.5, 0.6) is 0 Å². The Labute approximate surface area is 90.1 Å². The molecule has 0 amide bonds. The third-order valence-electron chi connectivity index (χ3n) is 2.09. The average molecular weight is 203 g/mol. The van der Waals surface area contributed by atoms with Crippen LogP contribution in [0, 0.1) is 0 Å². The third-order valence-corrected chi connectivity index (χ3v) is 2.09. The first kappa shape index (κ1) is 9.83. The summed E-state index contributed by atoms with van der Waals surface area (Å²) in [5, 5.41) is 7.90. The molecule has 0 aliphatic carbocycles. The smallest absolute Gasteiger partial charge is 0.0617 e. The molecule has 15 heavy (non-hydrogen) atoms. The van der Waals surface area contributed by atoms with E-state index in [4.69, 9.17) is 0 Å². The van der Waals surface area contributed by atoms with E-state index < -0.39 is 0 Å². The highest BCUT2D eigenvalue weighted by molar-refractivity contribution is 5.77. The molecule has 4 nitrogen and oxygen atoms in total. The first-order valence-corrected chi connectivity index (χ1v) is 4.97. The Balaban J connectivity index is 2.25. The molecular formula is C11H15N4-. The van der Waals surface area contributed by atoms with Crippen molar-refractivity contribution in [3.63, 3.8) is 0 Å². The highest BCUT2D eigenvalue weighted by Gasteiger charge is 2.22. The van der Waals surface area contributed by atoms with Gasteiger partial charge in [0, 0.05) is 0 Å². The van der Waals surface area contributed by atoms with E-state index in [1.807, 2.05) is 35.4 Å². The molecule has 0 bridgehead atoms. The normalized spacial score (nSPS) is 15.7. The first-order chi connectivity index (χ1) is 7.09. The molecule has 2 rings (SSSR count). The Morgan fingerprint density at radius 3 is 2.40 bits per heavy atom. The van der Waals surface area contributed by atoms with Gasteiger partial charge in [0.25, 0.3) is 0 Å². The van der Waals surface area contributed by atoms with Gasteiger partial charge in [-0.15, -0.1) is 0 Å². The van der Waals surface area contributed by atoms with Crippen LogP contribution in [0.15, 0.2) is 35.4 Å². The van der Waals surface area contributed by atoms with E-state index in [0.29, 0.717) is 0 Å². The fourth-order valence-electron chi connectivity index (χ4n) is 1.41. The Hall–Kier alpha value is -1.71. The summed E-state index contributed by atoms with van der Waals surface area (Å²) in [6.07, 6.45) is 1.57. The quantitative estimate of drug-likeness (QED) is 0.703. The van der Waals surface area contributed by atoms with Gasteiger partial charge in [-0.1, -0.05) is 24.5 Å². The van der Waals surface area contributed by atoms with Crippen LogP contribution in [-0.2, 0) is 0 Å². The zero-order valence-electron chi connectivity index (χ0n) is 9.25. The Bertz CT molecular complexity index is 353. The van der Waals surface area contributed by atoms with Gasteiger partial charge >= 0.3 is 0 Å². The van der Waals surface area contributed by atoms with Gasteiger partial charge in [0.2, 0.25) is 0 Å². The lowest BCUT2D eigenvalue weighted by Gasteiger charge is -2.44. The van der Waals surface area contributed by atoms with Crippen molar-refractivity contribution in [3.05, 3.63) is 35.8 Å². The average Bonchev–Trinajstić information content (AvgIpc) is 2.67. The van der Waals surface area contributed by atoms with E-state index in [1.165, 1.54) is 0 Å². The van der Waals surface area contributed by atoms with Crippen molar-refractivity contribution in [2.45, 2.75) is 26.3 Å². The monoisotopic (exact) mass is 203 g/mol. The molecule has 0 spiro atoms. The van der Waals surface area contributed by atoms with Gasteiger partial charge in [-0.25, -0.2) is 0 Å². The molecule has 0 fully saturated rings. The van der Waals surface area contributed by atoms with Crippen LogP contribution in [0.1, 0.15) is 20.8 Å². The lowest BCUT2D eigenvalue weighted by atomic mass is 10.1. The van der Waals surface area contributed by atoms with Gasteiger partial charge in [-0.3, -0.25) is 10.2 Å². The lowest BCUT2D eigenvalue weighted by Crippen LogP contribution is -2.45. The van der Waals surface area contributed by atoms with Crippen LogP contribution < -0.4 is 5.12 Å². The van der Waals surface area contributed by atoms with Gasteiger partial charge in [0.15, 0.2) is 0 Å². The molecule has 0 saturated carbocycles. The Kier molecular flexibility index (Phi) is 2.26. The maximum atomic E-state index is 4.23. The molecule has 1 heterocycles. The van der Waals surface area contributed by atoms with E-state index in [-0.39, 0.29) is 5.54 Å². The van der Waals surface area contributed by atoms with Crippen molar-refractivity contribution in [1.29, 1.82) is 0 Å². The molecule has 1 aliphatic rings. The van der Waals surface area contributed by atoms with Gasteiger partial charge in [0.05, 0.1) is 11.2 Å². The van der Waals surface area contributed by atoms with Crippen molar-refractivity contribution in [3.8, 4) is 0 Å². The van der Waals surface area contributed by atoms with E-state index in [9.17, 15) is 0 Å². The predicted molar refractivity (Wildman–Crippen MR) is 62.4 cm³/mol. The van der Waals surface area contributed by atoms with Crippen LogP contribution in [0.2, 0.25) is 0 Å². The fourth-order valence-corrected chi connectivity index (χ4v) is 1.41. The highest BCUT2D eigenvalue weighted by Crippen LogP contribution is 2.28. The number of hydrogen-bond donors (Lipinski definition) is 0. The molecule has 1 aliphatic heterocycles. The minimum Gasteiger partial charge on any atom is -0.364 e. The molecular weight excluding hydrogens is 188 g/mol. The van der Waals surface area contributed by atoms with Gasteiger partial charge in [-0.2, -0.15) is 0 Å². The minimum absolute atomic E-state index is 0.0770. The highest BCUT2D eigenvalue weighted by atomic mass is 15.9.